The maximum atomic E-state index is 5.77. The van der Waals surface area contributed by atoms with Crippen molar-refractivity contribution in [2.75, 3.05) is 12.8 Å². The van der Waals surface area contributed by atoms with Crippen LogP contribution >= 0.6 is 11.3 Å². The van der Waals surface area contributed by atoms with Crippen LogP contribution in [0.4, 0.5) is 5.13 Å². The van der Waals surface area contributed by atoms with E-state index in [1.165, 1.54) is 11.3 Å². The third-order valence-electron chi connectivity index (χ3n) is 2.70. The smallest absolute Gasteiger partial charge is 0.180 e. The number of nitrogens with zero attached hydrogens (tertiary/aromatic N) is 2. The molecule has 0 bridgehead atoms. The molecule has 3 rings (SSSR count). The molecule has 3 aromatic rings. The number of ether oxygens (including phenoxy) is 1. The van der Waals surface area contributed by atoms with Crippen LogP contribution in [0.5, 0.6) is 0 Å². The molecule has 0 fully saturated rings. The molecular formula is C12H12N4OS. The number of hydrogen-bond acceptors (Lipinski definition) is 5. The first-order chi connectivity index (χ1) is 8.78. The zero-order valence-corrected chi connectivity index (χ0v) is 10.6. The minimum absolute atomic E-state index is 0.465. The Morgan fingerprint density at radius 3 is 3.17 bits per heavy atom. The molecule has 0 unspecified atom stereocenters. The molecule has 0 spiro atoms. The summed E-state index contributed by atoms with van der Waals surface area (Å²) in [6.07, 6.45) is 1.80. The van der Waals surface area contributed by atoms with Crippen molar-refractivity contribution in [3.63, 3.8) is 0 Å². The molecule has 5 nitrogen and oxygen atoms in total. The molecule has 0 atom stereocenters. The summed E-state index contributed by atoms with van der Waals surface area (Å²) in [7, 11) is 1.65. The fourth-order valence-corrected chi connectivity index (χ4v) is 2.75. The van der Waals surface area contributed by atoms with Gasteiger partial charge in [-0.1, -0.05) is 17.4 Å². The third kappa shape index (κ3) is 1.85. The maximum Gasteiger partial charge on any atom is 0.180 e. The number of H-pyrrole nitrogens is 1. The van der Waals surface area contributed by atoms with E-state index in [4.69, 9.17) is 10.5 Å². The number of thiazole rings is 1. The average Bonchev–Trinajstić information content (AvgIpc) is 2.95. The van der Waals surface area contributed by atoms with E-state index < -0.39 is 0 Å². The molecule has 1 aromatic carbocycles. The summed E-state index contributed by atoms with van der Waals surface area (Å²) in [5.41, 5.74) is 8.76. The molecule has 0 saturated heterocycles. The Morgan fingerprint density at radius 2 is 2.33 bits per heavy atom. The number of anilines is 1. The Hall–Kier alpha value is -1.92. The fourth-order valence-electron chi connectivity index (χ4n) is 1.91. The maximum absolute atomic E-state index is 5.77. The van der Waals surface area contributed by atoms with Crippen LogP contribution < -0.4 is 5.73 Å². The van der Waals surface area contributed by atoms with Crippen LogP contribution in [0.3, 0.4) is 0 Å². The number of methoxy groups -OCH3 is 1. The SMILES string of the molecule is COCc1nc(N)sc1-c1ccc2[nH]ncc2c1. The van der Waals surface area contributed by atoms with Gasteiger partial charge in [-0.05, 0) is 17.7 Å². The van der Waals surface area contributed by atoms with Crippen LogP contribution in [0.2, 0.25) is 0 Å². The Balaban J connectivity index is 2.12. The first-order valence-electron chi connectivity index (χ1n) is 5.45. The Morgan fingerprint density at radius 1 is 1.44 bits per heavy atom. The molecular weight excluding hydrogens is 248 g/mol. The van der Waals surface area contributed by atoms with Gasteiger partial charge in [0.05, 0.1) is 28.9 Å². The van der Waals surface area contributed by atoms with E-state index in [2.05, 4.69) is 21.2 Å². The molecule has 0 amide bonds. The Kier molecular flexibility index (Phi) is 2.73. The van der Waals surface area contributed by atoms with Crippen molar-refractivity contribution in [1.82, 2.24) is 15.2 Å². The summed E-state index contributed by atoms with van der Waals surface area (Å²) in [4.78, 5) is 5.35. The van der Waals surface area contributed by atoms with Crippen molar-refractivity contribution in [3.05, 3.63) is 30.1 Å². The van der Waals surface area contributed by atoms with Gasteiger partial charge in [0.2, 0.25) is 0 Å². The monoisotopic (exact) mass is 260 g/mol. The number of fused-ring (bicyclic) bond motifs is 1. The van der Waals surface area contributed by atoms with E-state index >= 15 is 0 Å². The fraction of sp³-hybridized carbons (Fsp3) is 0.167. The van der Waals surface area contributed by atoms with Gasteiger partial charge in [-0.2, -0.15) is 5.10 Å². The van der Waals surface area contributed by atoms with Gasteiger partial charge in [-0.3, -0.25) is 5.10 Å². The van der Waals surface area contributed by atoms with Crippen LogP contribution in [-0.2, 0) is 11.3 Å². The van der Waals surface area contributed by atoms with Gasteiger partial charge in [0.25, 0.3) is 0 Å². The molecule has 0 aliphatic carbocycles. The lowest BCUT2D eigenvalue weighted by atomic mass is 10.1. The van der Waals surface area contributed by atoms with Crippen molar-refractivity contribution in [2.24, 2.45) is 0 Å². The van der Waals surface area contributed by atoms with Gasteiger partial charge in [-0.15, -0.1) is 0 Å². The highest BCUT2D eigenvalue weighted by atomic mass is 32.1. The minimum atomic E-state index is 0.465. The van der Waals surface area contributed by atoms with E-state index in [1.807, 2.05) is 12.1 Å². The summed E-state index contributed by atoms with van der Waals surface area (Å²) in [6, 6.07) is 6.11. The first kappa shape index (κ1) is 11.2. The zero-order chi connectivity index (χ0) is 12.5. The standard InChI is InChI=1S/C12H12N4OS/c1-17-6-10-11(18-12(13)15-10)7-2-3-9-8(4-7)5-14-16-9/h2-5H,6H2,1H3,(H2,13,15)(H,14,16). The average molecular weight is 260 g/mol. The van der Waals surface area contributed by atoms with E-state index in [-0.39, 0.29) is 0 Å². The quantitative estimate of drug-likeness (QED) is 0.758. The number of nitrogens with two attached hydrogens (primary N) is 1. The summed E-state index contributed by atoms with van der Waals surface area (Å²) in [5, 5.41) is 8.58. The van der Waals surface area contributed by atoms with Crippen LogP contribution in [0.1, 0.15) is 5.69 Å². The predicted octanol–water partition coefficient (Wildman–Crippen LogP) is 2.42. The van der Waals surface area contributed by atoms with Crippen LogP contribution in [0.15, 0.2) is 24.4 Å². The van der Waals surface area contributed by atoms with Gasteiger partial charge in [0.1, 0.15) is 0 Å². The number of hydrogen-bond donors (Lipinski definition) is 2. The number of nitrogen functional groups attached to an aromatic ring is 1. The molecule has 18 heavy (non-hydrogen) atoms. The second-order valence-electron chi connectivity index (χ2n) is 3.93. The van der Waals surface area contributed by atoms with Crippen molar-refractivity contribution < 1.29 is 4.74 Å². The molecule has 2 heterocycles. The van der Waals surface area contributed by atoms with Gasteiger partial charge in [0.15, 0.2) is 5.13 Å². The molecule has 0 saturated carbocycles. The second-order valence-corrected chi connectivity index (χ2v) is 4.96. The predicted molar refractivity (Wildman–Crippen MR) is 72.3 cm³/mol. The highest BCUT2D eigenvalue weighted by molar-refractivity contribution is 7.18. The van der Waals surface area contributed by atoms with Crippen LogP contribution in [-0.4, -0.2) is 22.3 Å². The molecule has 3 N–H and O–H groups in total. The first-order valence-corrected chi connectivity index (χ1v) is 6.27. The summed E-state index contributed by atoms with van der Waals surface area (Å²) >= 11 is 1.47. The van der Waals surface area contributed by atoms with Gasteiger partial charge < -0.3 is 10.5 Å². The van der Waals surface area contributed by atoms with Crippen molar-refractivity contribution in [3.8, 4) is 10.4 Å². The molecule has 2 aromatic heterocycles. The van der Waals surface area contributed by atoms with Gasteiger partial charge >= 0.3 is 0 Å². The molecule has 92 valence electrons. The van der Waals surface area contributed by atoms with Crippen LogP contribution in [0.25, 0.3) is 21.3 Å². The van der Waals surface area contributed by atoms with Gasteiger partial charge in [-0.25, -0.2) is 4.98 Å². The van der Waals surface area contributed by atoms with Crippen LogP contribution in [0, 0.1) is 0 Å². The number of aromatic amines is 1. The highest BCUT2D eigenvalue weighted by Gasteiger charge is 2.12. The largest absolute Gasteiger partial charge is 0.378 e. The van der Waals surface area contributed by atoms with E-state index in [0.717, 1.165) is 27.0 Å². The normalized spacial score (nSPS) is 11.2. The summed E-state index contributed by atoms with van der Waals surface area (Å²) in [5.74, 6) is 0. The topological polar surface area (TPSA) is 76.8 Å². The number of aromatic nitrogens is 3. The number of rotatable bonds is 3. The van der Waals surface area contributed by atoms with Crippen molar-refractivity contribution in [1.29, 1.82) is 0 Å². The highest BCUT2D eigenvalue weighted by Crippen LogP contribution is 2.33. The lowest BCUT2D eigenvalue weighted by Gasteiger charge is -2.01. The Bertz CT molecular complexity index is 688. The molecule has 0 aliphatic heterocycles. The number of benzene rings is 1. The van der Waals surface area contributed by atoms with E-state index in [1.54, 1.807) is 13.3 Å². The molecule has 0 radical (unpaired) electrons. The Labute approximate surface area is 108 Å². The lowest BCUT2D eigenvalue weighted by molar-refractivity contribution is 0.182. The third-order valence-corrected chi connectivity index (χ3v) is 3.67. The molecule has 6 heteroatoms. The second kappa shape index (κ2) is 4.40. The number of nitrogens with one attached hydrogen (secondary N) is 1. The molecule has 0 aliphatic rings. The summed E-state index contributed by atoms with van der Waals surface area (Å²) < 4.78 is 5.15. The van der Waals surface area contributed by atoms with Crippen molar-refractivity contribution in [2.45, 2.75) is 6.61 Å². The van der Waals surface area contributed by atoms with Crippen molar-refractivity contribution >= 4 is 27.4 Å². The summed E-state index contributed by atoms with van der Waals surface area (Å²) in [6.45, 7) is 0.465. The van der Waals surface area contributed by atoms with Gasteiger partial charge in [0, 0.05) is 12.5 Å². The zero-order valence-electron chi connectivity index (χ0n) is 9.80. The lowest BCUT2D eigenvalue weighted by Crippen LogP contribution is -1.91. The van der Waals surface area contributed by atoms with E-state index in [0.29, 0.717) is 11.7 Å². The van der Waals surface area contributed by atoms with E-state index in [9.17, 15) is 0 Å². The minimum Gasteiger partial charge on any atom is -0.378 e.